The number of nitrogens with zero attached hydrogens (tertiary/aromatic N) is 1. The van der Waals surface area contributed by atoms with E-state index in [0.717, 1.165) is 5.56 Å². The van der Waals surface area contributed by atoms with Gasteiger partial charge in [-0.3, -0.25) is 14.6 Å². The third-order valence-electron chi connectivity index (χ3n) is 4.76. The maximum Gasteiger partial charge on any atom is 0.270 e. The quantitative estimate of drug-likeness (QED) is 0.711. The van der Waals surface area contributed by atoms with Crippen LogP contribution in [0.4, 0.5) is 4.39 Å². The van der Waals surface area contributed by atoms with Gasteiger partial charge in [-0.1, -0.05) is 12.1 Å². The van der Waals surface area contributed by atoms with E-state index in [1.54, 1.807) is 40.0 Å². The van der Waals surface area contributed by atoms with Crippen molar-refractivity contribution >= 4 is 17.5 Å². The fourth-order valence-electron chi connectivity index (χ4n) is 2.90. The lowest BCUT2D eigenvalue weighted by Gasteiger charge is -2.18. The van der Waals surface area contributed by atoms with Crippen molar-refractivity contribution in [3.05, 3.63) is 46.4 Å². The Labute approximate surface area is 170 Å². The molecule has 158 valence electrons. The van der Waals surface area contributed by atoms with Gasteiger partial charge in [0.25, 0.3) is 5.91 Å². The van der Waals surface area contributed by atoms with Crippen molar-refractivity contribution in [3.8, 4) is 0 Å². The first kappa shape index (κ1) is 22.7. The minimum absolute atomic E-state index is 0.0492. The van der Waals surface area contributed by atoms with Crippen molar-refractivity contribution in [2.45, 2.75) is 46.3 Å². The number of aliphatic imine (C=N–C) groups is 1. The van der Waals surface area contributed by atoms with E-state index >= 15 is 0 Å². The molecule has 2 unspecified atom stereocenters. The molecule has 0 bridgehead atoms. The van der Waals surface area contributed by atoms with E-state index < -0.39 is 5.91 Å². The number of halogens is 1. The lowest BCUT2D eigenvalue weighted by Crippen LogP contribution is -2.39. The summed E-state index contributed by atoms with van der Waals surface area (Å²) in [6, 6.07) is 4.25. The third-order valence-corrected chi connectivity index (χ3v) is 4.76. The Balaban J connectivity index is 2.30. The molecule has 2 amide bonds. The first-order valence-electron chi connectivity index (χ1n) is 9.58. The van der Waals surface area contributed by atoms with Crippen LogP contribution >= 0.6 is 0 Å². The Kier molecular flexibility index (Phi) is 8.04. The van der Waals surface area contributed by atoms with Crippen LogP contribution in [0.1, 0.15) is 31.9 Å². The normalized spacial score (nSPS) is 21.2. The molecule has 1 aromatic carbocycles. The SMILES string of the molecule is CNC1COCC(C)NC(=O)C(C)=C(C(=O)NCc2ccc(F)c(C)c2)N=C1C. The molecule has 1 heterocycles. The zero-order chi connectivity index (χ0) is 21.6. The summed E-state index contributed by atoms with van der Waals surface area (Å²) in [5.41, 5.74) is 2.17. The number of rotatable bonds is 4. The van der Waals surface area contributed by atoms with Gasteiger partial charge in [0.2, 0.25) is 5.91 Å². The average molecular weight is 404 g/mol. The second-order valence-corrected chi connectivity index (χ2v) is 7.25. The van der Waals surface area contributed by atoms with Gasteiger partial charge in [-0.25, -0.2) is 4.39 Å². The molecule has 0 fully saturated rings. The van der Waals surface area contributed by atoms with Gasteiger partial charge in [-0.2, -0.15) is 0 Å². The van der Waals surface area contributed by atoms with Crippen LogP contribution in [0, 0.1) is 12.7 Å². The van der Waals surface area contributed by atoms with Gasteiger partial charge in [-0.05, 0) is 51.9 Å². The molecule has 1 aliphatic rings. The highest BCUT2D eigenvalue weighted by Crippen LogP contribution is 2.12. The molecule has 1 aliphatic heterocycles. The summed E-state index contributed by atoms with van der Waals surface area (Å²) in [6.45, 7) is 7.78. The highest BCUT2D eigenvalue weighted by molar-refractivity contribution is 6.06. The molecule has 8 heteroatoms. The van der Waals surface area contributed by atoms with Gasteiger partial charge in [0.15, 0.2) is 0 Å². The number of carbonyl (C=O) groups is 2. The van der Waals surface area contributed by atoms with E-state index in [2.05, 4.69) is 20.9 Å². The van der Waals surface area contributed by atoms with Gasteiger partial charge in [0.05, 0.1) is 19.3 Å². The van der Waals surface area contributed by atoms with Crippen molar-refractivity contribution in [1.82, 2.24) is 16.0 Å². The second kappa shape index (κ2) is 10.3. The fourth-order valence-corrected chi connectivity index (χ4v) is 2.90. The largest absolute Gasteiger partial charge is 0.377 e. The van der Waals surface area contributed by atoms with Crippen LogP contribution in [-0.4, -0.2) is 49.9 Å². The summed E-state index contributed by atoms with van der Waals surface area (Å²) in [5, 5.41) is 8.70. The minimum atomic E-state index is -0.471. The number of hydrogen-bond donors (Lipinski definition) is 3. The molecule has 0 aromatic heterocycles. The molecule has 1 aromatic rings. The lowest BCUT2D eigenvalue weighted by molar-refractivity contribution is -0.120. The summed E-state index contributed by atoms with van der Waals surface area (Å²) in [4.78, 5) is 29.9. The highest BCUT2D eigenvalue weighted by atomic mass is 19.1. The van der Waals surface area contributed by atoms with Crippen molar-refractivity contribution in [3.63, 3.8) is 0 Å². The second-order valence-electron chi connectivity index (χ2n) is 7.25. The molecule has 2 rings (SSSR count). The molecular formula is C21H29FN4O3. The van der Waals surface area contributed by atoms with Gasteiger partial charge in [-0.15, -0.1) is 0 Å². The number of aryl methyl sites for hydroxylation is 1. The number of carbonyl (C=O) groups excluding carboxylic acids is 2. The predicted octanol–water partition coefficient (Wildman–Crippen LogP) is 1.61. The number of ether oxygens (including phenoxy) is 1. The van der Waals surface area contributed by atoms with Gasteiger partial charge < -0.3 is 20.7 Å². The Morgan fingerprint density at radius 3 is 2.69 bits per heavy atom. The predicted molar refractivity (Wildman–Crippen MR) is 110 cm³/mol. The van der Waals surface area contributed by atoms with E-state index in [1.807, 2.05) is 6.92 Å². The summed E-state index contributed by atoms with van der Waals surface area (Å²) < 4.78 is 19.1. The molecule has 0 spiro atoms. The summed E-state index contributed by atoms with van der Waals surface area (Å²) in [7, 11) is 1.78. The van der Waals surface area contributed by atoms with Crippen molar-refractivity contribution in [2.75, 3.05) is 20.3 Å². The molecule has 29 heavy (non-hydrogen) atoms. The Bertz CT molecular complexity index is 835. The van der Waals surface area contributed by atoms with Crippen LogP contribution in [-0.2, 0) is 20.9 Å². The average Bonchev–Trinajstić information content (AvgIpc) is 2.70. The maximum absolute atomic E-state index is 13.4. The van der Waals surface area contributed by atoms with E-state index in [-0.39, 0.29) is 41.6 Å². The Morgan fingerprint density at radius 2 is 2.03 bits per heavy atom. The standard InChI is InChI=1S/C21H29FN4O3/c1-12-8-16(6-7-17(12)22)9-24-21(28)19-14(3)20(27)25-13(2)10-29-11-18(23-5)15(4)26-19/h6-8,13,18,23H,9-11H2,1-5H3,(H,24,28)(H,25,27). The number of hydrogen-bond acceptors (Lipinski definition) is 5. The topological polar surface area (TPSA) is 91.8 Å². The van der Waals surface area contributed by atoms with E-state index in [4.69, 9.17) is 4.74 Å². The van der Waals surface area contributed by atoms with E-state index in [9.17, 15) is 14.0 Å². The van der Waals surface area contributed by atoms with Crippen LogP contribution in [0.15, 0.2) is 34.5 Å². The maximum atomic E-state index is 13.4. The summed E-state index contributed by atoms with van der Waals surface area (Å²) in [6.07, 6.45) is 0. The zero-order valence-corrected chi connectivity index (χ0v) is 17.6. The number of amides is 2. The summed E-state index contributed by atoms with van der Waals surface area (Å²) in [5.74, 6) is -1.14. The van der Waals surface area contributed by atoms with E-state index in [1.165, 1.54) is 6.07 Å². The summed E-state index contributed by atoms with van der Waals surface area (Å²) >= 11 is 0. The molecule has 3 N–H and O–H groups in total. The molecule has 0 aliphatic carbocycles. The van der Waals surface area contributed by atoms with Crippen LogP contribution in [0.2, 0.25) is 0 Å². The Hall–Kier alpha value is -2.58. The van der Waals surface area contributed by atoms with Gasteiger partial charge >= 0.3 is 0 Å². The van der Waals surface area contributed by atoms with Crippen molar-refractivity contribution in [1.29, 1.82) is 0 Å². The van der Waals surface area contributed by atoms with Crippen LogP contribution in [0.3, 0.4) is 0 Å². The van der Waals surface area contributed by atoms with Crippen molar-refractivity contribution < 1.29 is 18.7 Å². The third kappa shape index (κ3) is 6.20. The molecule has 7 nitrogen and oxygen atoms in total. The van der Waals surface area contributed by atoms with Gasteiger partial charge in [0.1, 0.15) is 11.5 Å². The van der Waals surface area contributed by atoms with Crippen LogP contribution in [0.5, 0.6) is 0 Å². The molecule has 0 saturated carbocycles. The number of likely N-dealkylation sites (N-methyl/N-ethyl adjacent to an activating group) is 1. The highest BCUT2D eigenvalue weighted by Gasteiger charge is 2.22. The molecular weight excluding hydrogens is 375 g/mol. The smallest absolute Gasteiger partial charge is 0.270 e. The van der Waals surface area contributed by atoms with E-state index in [0.29, 0.717) is 24.5 Å². The van der Waals surface area contributed by atoms with Crippen molar-refractivity contribution in [2.24, 2.45) is 4.99 Å². The molecule has 0 radical (unpaired) electrons. The number of nitrogens with one attached hydrogen (secondary N) is 3. The van der Waals surface area contributed by atoms with Crippen LogP contribution < -0.4 is 16.0 Å². The Morgan fingerprint density at radius 1 is 1.31 bits per heavy atom. The fraction of sp³-hybridized carbons (Fsp3) is 0.476. The van der Waals surface area contributed by atoms with Crippen LogP contribution in [0.25, 0.3) is 0 Å². The zero-order valence-electron chi connectivity index (χ0n) is 17.6. The first-order valence-corrected chi connectivity index (χ1v) is 9.58. The monoisotopic (exact) mass is 404 g/mol. The minimum Gasteiger partial charge on any atom is -0.377 e. The number of benzene rings is 1. The lowest BCUT2D eigenvalue weighted by atomic mass is 10.1. The molecule has 0 saturated heterocycles. The first-order chi connectivity index (χ1) is 13.7. The molecule has 2 atom stereocenters. The van der Waals surface area contributed by atoms with Gasteiger partial charge in [0, 0.05) is 23.9 Å².